The molecule has 26 heavy (non-hydrogen) atoms. The number of hydrogen-bond donors (Lipinski definition) is 0. The molecule has 0 N–H and O–H groups in total. The molecule has 4 nitrogen and oxygen atoms in total. The Kier molecular flexibility index (Phi) is 4.25. The van der Waals surface area contributed by atoms with Crippen molar-refractivity contribution in [2.75, 3.05) is 0 Å². The van der Waals surface area contributed by atoms with Gasteiger partial charge in [-0.3, -0.25) is 9.48 Å². The van der Waals surface area contributed by atoms with Gasteiger partial charge in [0.25, 0.3) is 0 Å². The van der Waals surface area contributed by atoms with Crippen LogP contribution in [0.1, 0.15) is 42.9 Å². The minimum atomic E-state index is -4.35. The van der Waals surface area contributed by atoms with Gasteiger partial charge in [-0.15, -0.1) is 0 Å². The summed E-state index contributed by atoms with van der Waals surface area (Å²) >= 11 is 0. The van der Waals surface area contributed by atoms with E-state index in [9.17, 15) is 18.0 Å². The minimum absolute atomic E-state index is 0.0103. The smallest absolute Gasteiger partial charge is 0.336 e. The van der Waals surface area contributed by atoms with Crippen LogP contribution >= 0.6 is 0 Å². The maximum absolute atomic E-state index is 12.8. The highest BCUT2D eigenvalue weighted by atomic mass is 19.4. The van der Waals surface area contributed by atoms with E-state index in [4.69, 9.17) is 0 Å². The Morgan fingerprint density at radius 1 is 1.08 bits per heavy atom. The number of halogens is 3. The molecule has 0 aliphatic carbocycles. The molecular formula is C19H20F3N3O. The van der Waals surface area contributed by atoms with Crippen molar-refractivity contribution in [2.45, 2.75) is 56.4 Å². The third-order valence-corrected chi connectivity index (χ3v) is 5.53. The van der Waals surface area contributed by atoms with E-state index in [1.807, 2.05) is 21.8 Å². The molecule has 3 heterocycles. The lowest BCUT2D eigenvalue weighted by molar-refractivity contribution is -0.137. The van der Waals surface area contributed by atoms with Crippen LogP contribution in [0.3, 0.4) is 0 Å². The number of rotatable bonds is 3. The van der Waals surface area contributed by atoms with Gasteiger partial charge < -0.3 is 4.90 Å². The van der Waals surface area contributed by atoms with E-state index in [0.717, 1.165) is 37.8 Å². The number of carbonyl (C=O) groups excluding carboxylic acids is 1. The monoisotopic (exact) mass is 363 g/mol. The summed E-state index contributed by atoms with van der Waals surface area (Å²) in [6, 6.07) is 7.51. The summed E-state index contributed by atoms with van der Waals surface area (Å²) in [6.07, 6.45) is 3.28. The number of amides is 1. The van der Waals surface area contributed by atoms with E-state index in [-0.39, 0.29) is 24.4 Å². The van der Waals surface area contributed by atoms with Crippen molar-refractivity contribution in [1.29, 1.82) is 0 Å². The third-order valence-electron chi connectivity index (χ3n) is 5.53. The lowest BCUT2D eigenvalue weighted by Gasteiger charge is -2.39. The lowest BCUT2D eigenvalue weighted by atomic mass is 9.96. The van der Waals surface area contributed by atoms with Crippen molar-refractivity contribution >= 4 is 5.91 Å². The number of nitrogens with zero attached hydrogens (tertiary/aromatic N) is 3. The number of aromatic nitrogens is 2. The predicted molar refractivity (Wildman–Crippen MR) is 89.3 cm³/mol. The average molecular weight is 363 g/mol. The summed E-state index contributed by atoms with van der Waals surface area (Å²) in [5.74, 6) is 0.0103. The summed E-state index contributed by atoms with van der Waals surface area (Å²) < 4.78 is 39.9. The van der Waals surface area contributed by atoms with Crippen LogP contribution in [-0.4, -0.2) is 32.7 Å². The Morgan fingerprint density at radius 3 is 2.27 bits per heavy atom. The second-order valence-corrected chi connectivity index (χ2v) is 7.17. The van der Waals surface area contributed by atoms with Gasteiger partial charge in [0, 0.05) is 24.5 Å². The Labute approximate surface area is 149 Å². The number of hydrogen-bond acceptors (Lipinski definition) is 2. The number of benzene rings is 1. The van der Waals surface area contributed by atoms with E-state index in [1.165, 1.54) is 12.1 Å². The van der Waals surface area contributed by atoms with Gasteiger partial charge in [0.2, 0.25) is 5.91 Å². The fourth-order valence-electron chi connectivity index (χ4n) is 4.35. The maximum atomic E-state index is 12.8. The molecule has 2 saturated heterocycles. The van der Waals surface area contributed by atoms with Crippen LogP contribution in [0.2, 0.25) is 0 Å². The van der Waals surface area contributed by atoms with Crippen LogP contribution in [0.4, 0.5) is 13.2 Å². The molecule has 2 aliphatic heterocycles. The molecule has 0 spiro atoms. The highest BCUT2D eigenvalue weighted by Crippen LogP contribution is 2.41. The third kappa shape index (κ3) is 3.22. The van der Waals surface area contributed by atoms with Crippen LogP contribution in [0.25, 0.3) is 0 Å². The van der Waals surface area contributed by atoms with Crippen LogP contribution in [-0.2, 0) is 17.4 Å². The van der Waals surface area contributed by atoms with Crippen LogP contribution in [0.15, 0.2) is 42.7 Å². The average Bonchev–Trinajstić information content (AvgIpc) is 3.21. The number of carbonyl (C=O) groups is 1. The summed E-state index contributed by atoms with van der Waals surface area (Å²) in [5.41, 5.74) is -0.0644. The summed E-state index contributed by atoms with van der Waals surface area (Å²) in [7, 11) is 0. The minimum Gasteiger partial charge on any atom is -0.336 e. The van der Waals surface area contributed by atoms with Gasteiger partial charge in [-0.1, -0.05) is 12.1 Å². The summed E-state index contributed by atoms with van der Waals surface area (Å²) in [5, 5.41) is 4.32. The van der Waals surface area contributed by atoms with Crippen LogP contribution in [0.5, 0.6) is 0 Å². The van der Waals surface area contributed by atoms with E-state index in [2.05, 4.69) is 5.10 Å². The zero-order chi connectivity index (χ0) is 18.3. The molecule has 1 aromatic carbocycles. The molecule has 1 aromatic heterocycles. The van der Waals surface area contributed by atoms with Crippen molar-refractivity contribution in [2.24, 2.45) is 0 Å². The first kappa shape index (κ1) is 17.1. The molecule has 2 aliphatic rings. The predicted octanol–water partition coefficient (Wildman–Crippen LogP) is 3.84. The molecule has 7 heteroatoms. The fourth-order valence-corrected chi connectivity index (χ4v) is 4.35. The zero-order valence-electron chi connectivity index (χ0n) is 14.2. The van der Waals surface area contributed by atoms with Gasteiger partial charge >= 0.3 is 6.18 Å². The molecule has 0 saturated carbocycles. The van der Waals surface area contributed by atoms with Crippen LogP contribution in [0, 0.1) is 0 Å². The number of alkyl halides is 3. The first-order chi connectivity index (χ1) is 12.4. The lowest BCUT2D eigenvalue weighted by Crippen LogP contribution is -2.47. The highest BCUT2D eigenvalue weighted by Gasteiger charge is 2.43. The van der Waals surface area contributed by atoms with Gasteiger partial charge in [-0.05, 0) is 49.4 Å². The molecule has 4 rings (SSSR count). The first-order valence-corrected chi connectivity index (χ1v) is 8.88. The summed E-state index contributed by atoms with van der Waals surface area (Å²) in [4.78, 5) is 14.8. The first-order valence-electron chi connectivity index (χ1n) is 8.88. The molecule has 1 amide bonds. The van der Waals surface area contributed by atoms with Crippen LogP contribution < -0.4 is 0 Å². The Balaban J connectivity index is 1.43. The standard InChI is InChI=1S/C19H20F3N3O/c20-19(21,22)14-4-2-13(3-5-14)10-18(26)25-15-6-7-16(25)12-17(11-15)24-9-1-8-23-24/h1-5,8-9,15-17H,6-7,10-12H2. The Morgan fingerprint density at radius 2 is 1.73 bits per heavy atom. The Bertz CT molecular complexity index is 756. The number of piperidine rings is 1. The van der Waals surface area contributed by atoms with Crippen molar-refractivity contribution in [3.05, 3.63) is 53.9 Å². The maximum Gasteiger partial charge on any atom is 0.416 e. The fraction of sp³-hybridized carbons (Fsp3) is 0.474. The SMILES string of the molecule is O=C(Cc1ccc(C(F)(F)F)cc1)N1C2CCC1CC(n1cccn1)C2. The van der Waals surface area contributed by atoms with Gasteiger partial charge in [0.1, 0.15) is 0 Å². The molecule has 2 atom stereocenters. The molecule has 0 radical (unpaired) electrons. The van der Waals surface area contributed by atoms with Gasteiger partial charge in [0.05, 0.1) is 18.0 Å². The van der Waals surface area contributed by atoms with E-state index < -0.39 is 11.7 Å². The van der Waals surface area contributed by atoms with Gasteiger partial charge in [0.15, 0.2) is 0 Å². The Hall–Kier alpha value is -2.31. The summed E-state index contributed by atoms with van der Waals surface area (Å²) in [6.45, 7) is 0. The topological polar surface area (TPSA) is 38.1 Å². The molecule has 138 valence electrons. The largest absolute Gasteiger partial charge is 0.416 e. The van der Waals surface area contributed by atoms with Crippen molar-refractivity contribution in [3.63, 3.8) is 0 Å². The van der Waals surface area contributed by atoms with E-state index in [0.29, 0.717) is 11.6 Å². The number of fused-ring (bicyclic) bond motifs is 2. The molecule has 2 unspecified atom stereocenters. The van der Waals surface area contributed by atoms with Crippen molar-refractivity contribution in [1.82, 2.24) is 14.7 Å². The highest BCUT2D eigenvalue weighted by molar-refractivity contribution is 5.80. The molecule has 2 aromatic rings. The zero-order valence-corrected chi connectivity index (χ0v) is 14.2. The second kappa shape index (κ2) is 6.45. The molecule has 2 fully saturated rings. The molecule has 2 bridgehead atoms. The van der Waals surface area contributed by atoms with Gasteiger partial charge in [-0.2, -0.15) is 18.3 Å². The molecular weight excluding hydrogens is 343 g/mol. The van der Waals surface area contributed by atoms with Gasteiger partial charge in [-0.25, -0.2) is 0 Å². The second-order valence-electron chi connectivity index (χ2n) is 7.17. The van der Waals surface area contributed by atoms with Crippen molar-refractivity contribution < 1.29 is 18.0 Å². The quantitative estimate of drug-likeness (QED) is 0.831. The van der Waals surface area contributed by atoms with E-state index in [1.54, 1.807) is 6.20 Å². The normalized spacial score (nSPS) is 25.5. The van der Waals surface area contributed by atoms with E-state index >= 15 is 0 Å². The van der Waals surface area contributed by atoms with Crippen molar-refractivity contribution in [3.8, 4) is 0 Å².